The number of aromatic nitrogens is 3. The van der Waals surface area contributed by atoms with E-state index in [0.29, 0.717) is 44.2 Å². The van der Waals surface area contributed by atoms with Gasteiger partial charge in [-0.2, -0.15) is 0 Å². The fourth-order valence-electron chi connectivity index (χ4n) is 2.63. The summed E-state index contributed by atoms with van der Waals surface area (Å²) in [4.78, 5) is 26.5. The summed E-state index contributed by atoms with van der Waals surface area (Å²) in [5.74, 6) is 1.10. The summed E-state index contributed by atoms with van der Waals surface area (Å²) in [6, 6.07) is 2.26. The van der Waals surface area contributed by atoms with E-state index in [2.05, 4.69) is 20.3 Å². The number of anilines is 2. The molecular weight excluding hydrogens is 338 g/mol. The lowest BCUT2D eigenvalue weighted by Gasteiger charge is -2.09. The molecule has 128 valence electrons. The fourth-order valence-corrected chi connectivity index (χ4v) is 3.62. The van der Waals surface area contributed by atoms with Crippen molar-refractivity contribution in [2.24, 2.45) is 0 Å². The van der Waals surface area contributed by atoms with Crippen LogP contribution in [0.5, 0.6) is 5.75 Å². The molecule has 0 aromatic carbocycles. The summed E-state index contributed by atoms with van der Waals surface area (Å²) in [7, 11) is 1.59. The smallest absolute Gasteiger partial charge is 0.224 e. The number of nitrogens with zero attached hydrogens (tertiary/aromatic N) is 3. The standard InChI is InChI=1S/C17H17N5O2S/c1-8(23)15-13(18)12-14(9-5-11(24-2)7-19-6-9)21-17(20-10-3-4-10)22-16(12)25-15/h5-7,10H,3-4,18H2,1-2H3,(H,20,21,22). The molecule has 0 saturated heterocycles. The van der Waals surface area contributed by atoms with Crippen molar-refractivity contribution < 1.29 is 9.53 Å². The van der Waals surface area contributed by atoms with Crippen LogP contribution in [0.2, 0.25) is 0 Å². The second-order valence-corrected chi connectivity index (χ2v) is 7.01. The van der Waals surface area contributed by atoms with Crippen LogP contribution in [0.25, 0.3) is 21.5 Å². The Morgan fingerprint density at radius 2 is 2.16 bits per heavy atom. The third kappa shape index (κ3) is 2.89. The summed E-state index contributed by atoms with van der Waals surface area (Å²) in [6.07, 6.45) is 5.56. The minimum atomic E-state index is -0.0769. The number of pyridine rings is 1. The summed E-state index contributed by atoms with van der Waals surface area (Å²) < 4.78 is 5.26. The van der Waals surface area contributed by atoms with Crippen molar-refractivity contribution in [2.45, 2.75) is 25.8 Å². The van der Waals surface area contributed by atoms with Crippen molar-refractivity contribution in [3.05, 3.63) is 23.3 Å². The van der Waals surface area contributed by atoms with Gasteiger partial charge >= 0.3 is 0 Å². The zero-order valence-corrected chi connectivity index (χ0v) is 14.7. The second-order valence-electron chi connectivity index (χ2n) is 6.01. The maximum absolute atomic E-state index is 11.9. The number of ether oxygens (including phenoxy) is 1. The molecule has 3 heterocycles. The number of thiophene rings is 1. The Labute approximate surface area is 148 Å². The van der Waals surface area contributed by atoms with E-state index in [1.165, 1.54) is 18.3 Å². The zero-order chi connectivity index (χ0) is 17.6. The van der Waals surface area contributed by atoms with E-state index < -0.39 is 0 Å². The number of ketones is 1. The molecule has 3 N–H and O–H groups in total. The van der Waals surface area contributed by atoms with Crippen LogP contribution in [-0.4, -0.2) is 33.9 Å². The summed E-state index contributed by atoms with van der Waals surface area (Å²) in [5, 5.41) is 4.00. The number of nitrogen functional groups attached to an aromatic ring is 1. The first kappa shape index (κ1) is 15.8. The average Bonchev–Trinajstić information content (AvgIpc) is 3.36. The average molecular weight is 355 g/mol. The quantitative estimate of drug-likeness (QED) is 0.678. The second kappa shape index (κ2) is 5.96. The molecule has 8 heteroatoms. The van der Waals surface area contributed by atoms with Crippen LogP contribution in [0.4, 0.5) is 11.6 Å². The highest BCUT2D eigenvalue weighted by Gasteiger charge is 2.25. The lowest BCUT2D eigenvalue weighted by atomic mass is 10.1. The Hall–Kier alpha value is -2.74. The van der Waals surface area contributed by atoms with Gasteiger partial charge in [-0.3, -0.25) is 9.78 Å². The Bertz CT molecular complexity index is 981. The maximum Gasteiger partial charge on any atom is 0.224 e. The number of nitrogens with two attached hydrogens (primary N) is 1. The normalized spacial score (nSPS) is 13.8. The SMILES string of the molecule is COc1cncc(-c2nc(NC3CC3)nc3sc(C(C)=O)c(N)c23)c1. The zero-order valence-electron chi connectivity index (χ0n) is 13.9. The van der Waals surface area contributed by atoms with Crippen LogP contribution in [0, 0.1) is 0 Å². The Morgan fingerprint density at radius 1 is 1.36 bits per heavy atom. The van der Waals surface area contributed by atoms with Gasteiger partial charge in [-0.05, 0) is 18.9 Å². The number of hydrogen-bond acceptors (Lipinski definition) is 8. The molecule has 0 spiro atoms. The van der Waals surface area contributed by atoms with Gasteiger partial charge in [0, 0.05) is 24.7 Å². The van der Waals surface area contributed by atoms with Gasteiger partial charge in [0.05, 0.1) is 35.0 Å². The monoisotopic (exact) mass is 355 g/mol. The van der Waals surface area contributed by atoms with Crippen molar-refractivity contribution in [1.29, 1.82) is 0 Å². The molecule has 1 saturated carbocycles. The first-order valence-electron chi connectivity index (χ1n) is 7.93. The Balaban J connectivity index is 1.96. The van der Waals surface area contributed by atoms with Crippen molar-refractivity contribution >= 4 is 39.0 Å². The van der Waals surface area contributed by atoms with Crippen LogP contribution < -0.4 is 15.8 Å². The summed E-state index contributed by atoms with van der Waals surface area (Å²) >= 11 is 1.30. The lowest BCUT2D eigenvalue weighted by molar-refractivity contribution is 0.102. The van der Waals surface area contributed by atoms with Gasteiger partial charge in [0.1, 0.15) is 10.6 Å². The minimum Gasteiger partial charge on any atom is -0.495 e. The topological polar surface area (TPSA) is 103 Å². The molecule has 1 aliphatic rings. The van der Waals surface area contributed by atoms with Gasteiger partial charge in [-0.1, -0.05) is 0 Å². The third-order valence-electron chi connectivity index (χ3n) is 4.04. The minimum absolute atomic E-state index is 0.0769. The largest absolute Gasteiger partial charge is 0.495 e. The molecule has 0 atom stereocenters. The Kier molecular flexibility index (Phi) is 3.76. The highest BCUT2D eigenvalue weighted by molar-refractivity contribution is 7.21. The van der Waals surface area contributed by atoms with Crippen molar-refractivity contribution in [2.75, 3.05) is 18.2 Å². The number of carbonyl (C=O) groups is 1. The number of hydrogen-bond donors (Lipinski definition) is 2. The molecule has 3 aromatic rings. The molecule has 0 amide bonds. The van der Waals surface area contributed by atoms with E-state index in [1.54, 1.807) is 19.5 Å². The molecule has 0 bridgehead atoms. The number of Topliss-reactive ketones (excluding diaryl/α,β-unsaturated/α-hetero) is 1. The van der Waals surface area contributed by atoms with E-state index in [4.69, 9.17) is 10.5 Å². The molecule has 25 heavy (non-hydrogen) atoms. The van der Waals surface area contributed by atoms with Crippen LogP contribution in [-0.2, 0) is 0 Å². The molecular formula is C17H17N5O2S. The van der Waals surface area contributed by atoms with Gasteiger partial charge in [0.25, 0.3) is 0 Å². The van der Waals surface area contributed by atoms with E-state index in [9.17, 15) is 4.79 Å². The fraction of sp³-hybridized carbons (Fsp3) is 0.294. The molecule has 1 aliphatic carbocycles. The first-order chi connectivity index (χ1) is 12.1. The van der Waals surface area contributed by atoms with Gasteiger partial charge in [0.2, 0.25) is 5.95 Å². The molecule has 7 nitrogen and oxygen atoms in total. The number of methoxy groups -OCH3 is 1. The van der Waals surface area contributed by atoms with Gasteiger partial charge in [-0.15, -0.1) is 11.3 Å². The van der Waals surface area contributed by atoms with Crippen LogP contribution in [0.15, 0.2) is 18.5 Å². The predicted octanol–water partition coefficient (Wildman–Crippen LogP) is 3.12. The highest BCUT2D eigenvalue weighted by Crippen LogP contribution is 2.40. The number of fused-ring (bicyclic) bond motifs is 1. The molecule has 0 unspecified atom stereocenters. The van der Waals surface area contributed by atoms with Crippen LogP contribution in [0.1, 0.15) is 29.4 Å². The third-order valence-corrected chi connectivity index (χ3v) is 5.24. The van der Waals surface area contributed by atoms with E-state index >= 15 is 0 Å². The number of nitrogens with one attached hydrogen (secondary N) is 1. The van der Waals surface area contributed by atoms with Gasteiger partial charge in [-0.25, -0.2) is 9.97 Å². The highest BCUT2D eigenvalue weighted by atomic mass is 32.1. The lowest BCUT2D eigenvalue weighted by Crippen LogP contribution is -2.06. The van der Waals surface area contributed by atoms with Gasteiger partial charge in [0.15, 0.2) is 5.78 Å². The number of rotatable bonds is 5. The van der Waals surface area contributed by atoms with Crippen LogP contribution in [0.3, 0.4) is 0 Å². The van der Waals surface area contributed by atoms with E-state index in [1.807, 2.05) is 6.07 Å². The van der Waals surface area contributed by atoms with Crippen LogP contribution >= 0.6 is 11.3 Å². The van der Waals surface area contributed by atoms with Crippen molar-refractivity contribution in [1.82, 2.24) is 15.0 Å². The maximum atomic E-state index is 11.9. The van der Waals surface area contributed by atoms with Gasteiger partial charge < -0.3 is 15.8 Å². The molecule has 3 aromatic heterocycles. The number of carbonyl (C=O) groups excluding carboxylic acids is 1. The van der Waals surface area contributed by atoms with Crippen molar-refractivity contribution in [3.8, 4) is 17.0 Å². The first-order valence-corrected chi connectivity index (χ1v) is 8.75. The molecule has 0 aliphatic heterocycles. The van der Waals surface area contributed by atoms with Crippen molar-refractivity contribution in [3.63, 3.8) is 0 Å². The Morgan fingerprint density at radius 3 is 2.84 bits per heavy atom. The predicted molar refractivity (Wildman–Crippen MR) is 98.3 cm³/mol. The summed E-state index contributed by atoms with van der Waals surface area (Å²) in [5.41, 5.74) is 8.09. The molecule has 1 fully saturated rings. The van der Waals surface area contributed by atoms with E-state index in [-0.39, 0.29) is 5.78 Å². The molecule has 0 radical (unpaired) electrons. The molecule has 4 rings (SSSR count). The van der Waals surface area contributed by atoms with E-state index in [0.717, 1.165) is 18.4 Å². The summed E-state index contributed by atoms with van der Waals surface area (Å²) in [6.45, 7) is 1.50.